The van der Waals surface area contributed by atoms with Gasteiger partial charge in [-0.05, 0) is 82.0 Å². The van der Waals surface area contributed by atoms with Crippen molar-refractivity contribution in [1.29, 1.82) is 0 Å². The van der Waals surface area contributed by atoms with Crippen LogP contribution in [0.5, 0.6) is 0 Å². The Morgan fingerprint density at radius 1 is 1.03 bits per heavy atom. The summed E-state index contributed by atoms with van der Waals surface area (Å²) in [5.74, 6) is -0.486. The molecule has 0 saturated heterocycles. The summed E-state index contributed by atoms with van der Waals surface area (Å²) in [6.45, 7) is 4.38. The van der Waals surface area contributed by atoms with E-state index >= 15 is 0 Å². The Labute approximate surface area is 227 Å². The Kier molecular flexibility index (Phi) is 12.5. The molecule has 8 heteroatoms. The van der Waals surface area contributed by atoms with E-state index in [1.54, 1.807) is 7.11 Å². The highest BCUT2D eigenvalue weighted by molar-refractivity contribution is 5.81. The molecule has 1 aromatic heterocycles. The number of fused-ring (bicyclic) bond motifs is 1. The van der Waals surface area contributed by atoms with Crippen LogP contribution in [0, 0.1) is 0 Å². The number of carbonyl (C=O) groups excluding carboxylic acids is 2. The van der Waals surface area contributed by atoms with Gasteiger partial charge in [0.15, 0.2) is 0 Å². The Morgan fingerprint density at radius 3 is 2.58 bits per heavy atom. The highest BCUT2D eigenvalue weighted by Crippen LogP contribution is 2.20. The van der Waals surface area contributed by atoms with Gasteiger partial charge in [-0.15, -0.1) is 0 Å². The highest BCUT2D eigenvalue weighted by atomic mass is 16.6. The Hall–Kier alpha value is -2.97. The summed E-state index contributed by atoms with van der Waals surface area (Å²) in [5.41, 5.74) is 4.75. The van der Waals surface area contributed by atoms with Crippen LogP contribution in [0.2, 0.25) is 0 Å². The fourth-order valence-corrected chi connectivity index (χ4v) is 4.75. The number of pyridine rings is 1. The standard InChI is InChI=1S/C30H43N3O5/c1-23(36-2)21-33(19-10-9-14-26-17-16-25-13-7-8-15-27(25)31-26)20-18-28(29(34)37-3)32-30(35)38-22-24-11-5-4-6-12-24/h4-6,11-12,16-17,23,28H,7-10,13-15,18-22H2,1-3H3,(H,32,35)/t23-,28+/m1/s1. The number of nitrogens with zero attached hydrogens (tertiary/aromatic N) is 2. The maximum absolute atomic E-state index is 12.4. The van der Waals surface area contributed by atoms with Crippen molar-refractivity contribution < 1.29 is 23.8 Å². The minimum absolute atomic E-state index is 0.0534. The highest BCUT2D eigenvalue weighted by Gasteiger charge is 2.23. The van der Waals surface area contributed by atoms with E-state index in [-0.39, 0.29) is 12.7 Å². The minimum atomic E-state index is -0.789. The Morgan fingerprint density at radius 2 is 1.82 bits per heavy atom. The van der Waals surface area contributed by atoms with Gasteiger partial charge in [0, 0.05) is 31.6 Å². The SMILES string of the molecule is COC(=O)[C@H](CCN(CCCCc1ccc2c(n1)CCCC2)C[C@@H](C)OC)NC(=O)OCc1ccccc1. The number of ether oxygens (including phenoxy) is 3. The molecule has 3 rings (SSSR count). The van der Waals surface area contributed by atoms with Crippen LogP contribution in [0.3, 0.4) is 0 Å². The largest absolute Gasteiger partial charge is 0.467 e. The van der Waals surface area contributed by atoms with Gasteiger partial charge < -0.3 is 24.4 Å². The zero-order chi connectivity index (χ0) is 27.2. The molecule has 0 fully saturated rings. The van der Waals surface area contributed by atoms with Crippen molar-refractivity contribution in [3.05, 3.63) is 65.0 Å². The predicted octanol–water partition coefficient (Wildman–Crippen LogP) is 4.48. The van der Waals surface area contributed by atoms with Crippen molar-refractivity contribution in [2.24, 2.45) is 0 Å². The fourth-order valence-electron chi connectivity index (χ4n) is 4.75. The van der Waals surface area contributed by atoms with Gasteiger partial charge in [-0.25, -0.2) is 9.59 Å². The lowest BCUT2D eigenvalue weighted by molar-refractivity contribution is -0.143. The average Bonchev–Trinajstić information content (AvgIpc) is 2.95. The van der Waals surface area contributed by atoms with E-state index in [2.05, 4.69) is 22.3 Å². The molecule has 1 amide bonds. The molecule has 1 heterocycles. The average molecular weight is 526 g/mol. The second-order valence-electron chi connectivity index (χ2n) is 9.99. The quantitative estimate of drug-likeness (QED) is 0.271. The summed E-state index contributed by atoms with van der Waals surface area (Å²) in [6.07, 6.45) is 7.58. The molecule has 0 saturated carbocycles. The topological polar surface area (TPSA) is 90.0 Å². The van der Waals surface area contributed by atoms with E-state index < -0.39 is 18.1 Å². The van der Waals surface area contributed by atoms with Gasteiger partial charge in [0.1, 0.15) is 12.6 Å². The van der Waals surface area contributed by atoms with E-state index in [9.17, 15) is 9.59 Å². The number of aryl methyl sites for hydroxylation is 3. The van der Waals surface area contributed by atoms with Gasteiger partial charge in [0.25, 0.3) is 0 Å². The van der Waals surface area contributed by atoms with E-state index in [1.165, 1.54) is 36.9 Å². The summed E-state index contributed by atoms with van der Waals surface area (Å²) in [6, 6.07) is 13.1. The molecular formula is C30H43N3O5. The van der Waals surface area contributed by atoms with Crippen LogP contribution in [-0.2, 0) is 44.9 Å². The zero-order valence-electron chi connectivity index (χ0n) is 23.1. The third-order valence-corrected chi connectivity index (χ3v) is 7.04. The number of nitrogens with one attached hydrogen (secondary N) is 1. The van der Waals surface area contributed by atoms with Gasteiger partial charge in [-0.3, -0.25) is 4.98 Å². The first-order chi connectivity index (χ1) is 18.5. The first kappa shape index (κ1) is 29.6. The van der Waals surface area contributed by atoms with Crippen LogP contribution in [0.15, 0.2) is 42.5 Å². The van der Waals surface area contributed by atoms with Gasteiger partial charge in [-0.2, -0.15) is 0 Å². The molecule has 1 aliphatic carbocycles. The lowest BCUT2D eigenvalue weighted by Gasteiger charge is -2.27. The van der Waals surface area contributed by atoms with E-state index in [0.29, 0.717) is 13.0 Å². The third-order valence-electron chi connectivity index (χ3n) is 7.04. The van der Waals surface area contributed by atoms with E-state index in [1.807, 2.05) is 37.3 Å². The number of amides is 1. The minimum Gasteiger partial charge on any atom is -0.467 e. The molecule has 0 unspecified atom stereocenters. The number of rotatable bonds is 15. The van der Waals surface area contributed by atoms with E-state index in [0.717, 1.165) is 50.8 Å². The molecule has 0 radical (unpaired) electrons. The van der Waals surface area contributed by atoms with Gasteiger partial charge in [-0.1, -0.05) is 36.4 Å². The normalized spacial score (nSPS) is 14.4. The van der Waals surface area contributed by atoms with Crippen molar-refractivity contribution in [1.82, 2.24) is 15.2 Å². The summed E-state index contributed by atoms with van der Waals surface area (Å²) < 4.78 is 15.7. The first-order valence-corrected chi connectivity index (χ1v) is 13.8. The second-order valence-corrected chi connectivity index (χ2v) is 9.99. The monoisotopic (exact) mass is 525 g/mol. The number of carbonyl (C=O) groups is 2. The number of hydrogen-bond acceptors (Lipinski definition) is 7. The molecule has 1 N–H and O–H groups in total. The van der Waals surface area contributed by atoms with Crippen molar-refractivity contribution >= 4 is 12.1 Å². The maximum atomic E-state index is 12.4. The molecule has 2 atom stereocenters. The molecule has 2 aromatic rings. The Balaban J connectivity index is 1.48. The number of hydrogen-bond donors (Lipinski definition) is 1. The smallest absolute Gasteiger partial charge is 0.408 e. The van der Waals surface area contributed by atoms with Crippen molar-refractivity contribution in [2.75, 3.05) is 33.9 Å². The summed E-state index contributed by atoms with van der Waals surface area (Å²) in [7, 11) is 3.03. The fraction of sp³-hybridized carbons (Fsp3) is 0.567. The van der Waals surface area contributed by atoms with Crippen LogP contribution >= 0.6 is 0 Å². The number of methoxy groups -OCH3 is 2. The summed E-state index contributed by atoms with van der Waals surface area (Å²) >= 11 is 0. The number of alkyl carbamates (subject to hydrolysis) is 1. The molecule has 0 spiro atoms. The van der Waals surface area contributed by atoms with Gasteiger partial charge >= 0.3 is 12.1 Å². The zero-order valence-corrected chi connectivity index (χ0v) is 23.1. The third kappa shape index (κ3) is 10.1. The number of unbranched alkanes of at least 4 members (excludes halogenated alkanes) is 1. The van der Waals surface area contributed by atoms with E-state index in [4.69, 9.17) is 19.2 Å². The van der Waals surface area contributed by atoms with Crippen LogP contribution in [0.25, 0.3) is 0 Å². The summed E-state index contributed by atoms with van der Waals surface area (Å²) in [5, 5.41) is 2.67. The molecule has 0 aliphatic heterocycles. The van der Waals surface area contributed by atoms with Crippen LogP contribution < -0.4 is 5.32 Å². The molecular weight excluding hydrogens is 482 g/mol. The molecule has 1 aliphatic rings. The molecule has 208 valence electrons. The lowest BCUT2D eigenvalue weighted by Crippen LogP contribution is -2.44. The van der Waals surface area contributed by atoms with Crippen molar-refractivity contribution in [3.8, 4) is 0 Å². The molecule has 1 aromatic carbocycles. The molecule has 8 nitrogen and oxygen atoms in total. The predicted molar refractivity (Wildman–Crippen MR) is 147 cm³/mol. The van der Waals surface area contributed by atoms with Crippen LogP contribution in [-0.4, -0.2) is 67.9 Å². The number of aromatic nitrogens is 1. The summed E-state index contributed by atoms with van der Waals surface area (Å²) in [4.78, 5) is 31.9. The van der Waals surface area contributed by atoms with Gasteiger partial charge in [0.05, 0.1) is 13.2 Å². The number of esters is 1. The maximum Gasteiger partial charge on any atom is 0.408 e. The van der Waals surface area contributed by atoms with Crippen LogP contribution in [0.4, 0.5) is 4.79 Å². The number of benzene rings is 1. The van der Waals surface area contributed by atoms with Crippen molar-refractivity contribution in [3.63, 3.8) is 0 Å². The first-order valence-electron chi connectivity index (χ1n) is 13.8. The lowest BCUT2D eigenvalue weighted by atomic mass is 9.95. The second kappa shape index (κ2) is 16.1. The Bertz CT molecular complexity index is 1000. The molecule has 0 bridgehead atoms. The molecule has 38 heavy (non-hydrogen) atoms. The van der Waals surface area contributed by atoms with Gasteiger partial charge in [0.2, 0.25) is 0 Å². The van der Waals surface area contributed by atoms with Crippen molar-refractivity contribution in [2.45, 2.75) is 77.0 Å². The van der Waals surface area contributed by atoms with Crippen LogP contribution in [0.1, 0.15) is 61.5 Å².